The maximum Gasteiger partial charge on any atom is 0.230 e. The SMILES string of the molecule is CC1CCN(c2nc(Cl)nc(Cl)n2)C1. The van der Waals surface area contributed by atoms with Gasteiger partial charge in [-0.15, -0.1) is 0 Å². The van der Waals surface area contributed by atoms with Crippen molar-refractivity contribution in [2.24, 2.45) is 5.92 Å². The minimum absolute atomic E-state index is 0.152. The molecule has 0 spiro atoms. The standard InChI is InChI=1S/C8H10Cl2N4/c1-5-2-3-14(4-5)8-12-6(9)11-7(10)13-8/h5H,2-4H2,1H3. The third kappa shape index (κ3) is 2.07. The van der Waals surface area contributed by atoms with E-state index in [0.29, 0.717) is 11.9 Å². The van der Waals surface area contributed by atoms with Gasteiger partial charge in [0.15, 0.2) is 0 Å². The number of halogens is 2. The fraction of sp³-hybridized carbons (Fsp3) is 0.625. The Morgan fingerprint density at radius 3 is 2.36 bits per heavy atom. The molecule has 1 aromatic heterocycles. The van der Waals surface area contributed by atoms with E-state index in [0.717, 1.165) is 19.5 Å². The van der Waals surface area contributed by atoms with Gasteiger partial charge in [0, 0.05) is 13.1 Å². The number of hydrogen-bond acceptors (Lipinski definition) is 4. The summed E-state index contributed by atoms with van der Waals surface area (Å²) >= 11 is 11.4. The second kappa shape index (κ2) is 3.87. The first-order chi connectivity index (χ1) is 6.65. The number of anilines is 1. The van der Waals surface area contributed by atoms with E-state index in [9.17, 15) is 0 Å². The number of rotatable bonds is 1. The maximum atomic E-state index is 5.69. The summed E-state index contributed by atoms with van der Waals surface area (Å²) in [5, 5.41) is 0.305. The average molecular weight is 233 g/mol. The molecule has 0 saturated carbocycles. The van der Waals surface area contributed by atoms with Gasteiger partial charge in [0.1, 0.15) is 0 Å². The van der Waals surface area contributed by atoms with Crippen LogP contribution in [0.5, 0.6) is 0 Å². The quantitative estimate of drug-likeness (QED) is 0.744. The summed E-state index contributed by atoms with van der Waals surface area (Å²) in [6, 6.07) is 0. The molecule has 1 atom stereocenters. The van der Waals surface area contributed by atoms with E-state index >= 15 is 0 Å². The summed E-state index contributed by atoms with van der Waals surface area (Å²) < 4.78 is 0. The van der Waals surface area contributed by atoms with E-state index < -0.39 is 0 Å². The first kappa shape index (κ1) is 9.93. The molecule has 0 radical (unpaired) electrons. The molecule has 6 heteroatoms. The molecule has 0 bridgehead atoms. The van der Waals surface area contributed by atoms with Gasteiger partial charge in [-0.3, -0.25) is 0 Å². The van der Waals surface area contributed by atoms with Crippen LogP contribution in [0.25, 0.3) is 0 Å². The lowest BCUT2D eigenvalue weighted by Crippen LogP contribution is -2.22. The van der Waals surface area contributed by atoms with Gasteiger partial charge in [0.25, 0.3) is 0 Å². The predicted octanol–water partition coefficient (Wildman–Crippen LogP) is 2.02. The molecular formula is C8H10Cl2N4. The summed E-state index contributed by atoms with van der Waals surface area (Å²) in [4.78, 5) is 13.9. The molecule has 1 unspecified atom stereocenters. The van der Waals surface area contributed by atoms with Crippen LogP contribution in [0.1, 0.15) is 13.3 Å². The number of nitrogens with zero attached hydrogens (tertiary/aromatic N) is 4. The molecule has 0 aliphatic carbocycles. The minimum atomic E-state index is 0.152. The Labute approximate surface area is 92.3 Å². The summed E-state index contributed by atoms with van der Waals surface area (Å²) in [5.74, 6) is 1.25. The second-order valence-electron chi connectivity index (χ2n) is 3.51. The Morgan fingerprint density at radius 1 is 1.21 bits per heavy atom. The van der Waals surface area contributed by atoms with E-state index in [1.54, 1.807) is 0 Å². The molecule has 1 fully saturated rings. The van der Waals surface area contributed by atoms with Crippen LogP contribution in [0, 0.1) is 5.92 Å². The van der Waals surface area contributed by atoms with Gasteiger partial charge in [-0.1, -0.05) is 6.92 Å². The van der Waals surface area contributed by atoms with E-state index in [1.165, 1.54) is 0 Å². The Morgan fingerprint density at radius 2 is 1.86 bits per heavy atom. The van der Waals surface area contributed by atoms with Gasteiger partial charge < -0.3 is 4.90 Å². The van der Waals surface area contributed by atoms with Crippen molar-refractivity contribution in [2.45, 2.75) is 13.3 Å². The van der Waals surface area contributed by atoms with Crippen LogP contribution >= 0.6 is 23.2 Å². The molecule has 0 N–H and O–H groups in total. The van der Waals surface area contributed by atoms with Crippen LogP contribution < -0.4 is 4.90 Å². The van der Waals surface area contributed by atoms with Crippen molar-refractivity contribution in [1.82, 2.24) is 15.0 Å². The zero-order valence-corrected chi connectivity index (χ0v) is 9.26. The smallest absolute Gasteiger partial charge is 0.230 e. The molecule has 14 heavy (non-hydrogen) atoms. The van der Waals surface area contributed by atoms with Crippen molar-refractivity contribution in [2.75, 3.05) is 18.0 Å². The highest BCUT2D eigenvalue weighted by Crippen LogP contribution is 2.21. The van der Waals surface area contributed by atoms with Gasteiger partial charge in [-0.25, -0.2) is 0 Å². The van der Waals surface area contributed by atoms with Gasteiger partial charge in [-0.05, 0) is 35.5 Å². The normalized spacial score (nSPS) is 21.6. The highest BCUT2D eigenvalue weighted by atomic mass is 35.5. The predicted molar refractivity (Wildman–Crippen MR) is 55.8 cm³/mol. The molecule has 2 heterocycles. The summed E-state index contributed by atoms with van der Waals surface area (Å²) in [5.41, 5.74) is 0. The van der Waals surface area contributed by atoms with E-state index in [2.05, 4.69) is 26.8 Å². The molecule has 0 aromatic carbocycles. The first-order valence-corrected chi connectivity index (χ1v) is 5.23. The topological polar surface area (TPSA) is 41.9 Å². The van der Waals surface area contributed by atoms with Crippen LogP contribution in [0.3, 0.4) is 0 Å². The molecule has 4 nitrogen and oxygen atoms in total. The molecular weight excluding hydrogens is 223 g/mol. The maximum absolute atomic E-state index is 5.69. The van der Waals surface area contributed by atoms with Crippen LogP contribution in [-0.2, 0) is 0 Å². The van der Waals surface area contributed by atoms with Gasteiger partial charge in [0.2, 0.25) is 16.5 Å². The summed E-state index contributed by atoms with van der Waals surface area (Å²) in [6.07, 6.45) is 1.15. The van der Waals surface area contributed by atoms with E-state index in [1.807, 2.05) is 0 Å². The molecule has 2 rings (SSSR count). The Kier molecular flexibility index (Phi) is 2.74. The van der Waals surface area contributed by atoms with Crippen molar-refractivity contribution in [3.05, 3.63) is 10.6 Å². The molecule has 1 saturated heterocycles. The lowest BCUT2D eigenvalue weighted by Gasteiger charge is -2.14. The van der Waals surface area contributed by atoms with E-state index in [-0.39, 0.29) is 10.6 Å². The van der Waals surface area contributed by atoms with Crippen molar-refractivity contribution < 1.29 is 0 Å². The summed E-state index contributed by atoms with van der Waals surface area (Å²) in [6.45, 7) is 4.11. The zero-order chi connectivity index (χ0) is 10.1. The third-order valence-electron chi connectivity index (χ3n) is 2.28. The van der Waals surface area contributed by atoms with Gasteiger partial charge in [-0.2, -0.15) is 15.0 Å². The average Bonchev–Trinajstić information content (AvgIpc) is 2.50. The second-order valence-corrected chi connectivity index (χ2v) is 4.19. The van der Waals surface area contributed by atoms with Crippen molar-refractivity contribution in [3.8, 4) is 0 Å². The van der Waals surface area contributed by atoms with Crippen molar-refractivity contribution >= 4 is 29.2 Å². The van der Waals surface area contributed by atoms with Gasteiger partial charge >= 0.3 is 0 Å². The Balaban J connectivity index is 2.23. The zero-order valence-electron chi connectivity index (χ0n) is 7.74. The molecule has 76 valence electrons. The molecule has 1 aliphatic rings. The minimum Gasteiger partial charge on any atom is -0.340 e. The van der Waals surface area contributed by atoms with Crippen LogP contribution in [-0.4, -0.2) is 28.0 Å². The largest absolute Gasteiger partial charge is 0.340 e. The monoisotopic (exact) mass is 232 g/mol. The van der Waals surface area contributed by atoms with Crippen molar-refractivity contribution in [3.63, 3.8) is 0 Å². The molecule has 1 aliphatic heterocycles. The highest BCUT2D eigenvalue weighted by Gasteiger charge is 2.21. The van der Waals surface area contributed by atoms with Crippen LogP contribution in [0.15, 0.2) is 0 Å². The number of aromatic nitrogens is 3. The van der Waals surface area contributed by atoms with Crippen LogP contribution in [0.2, 0.25) is 10.6 Å². The fourth-order valence-corrected chi connectivity index (χ4v) is 1.93. The van der Waals surface area contributed by atoms with E-state index in [4.69, 9.17) is 23.2 Å². The Hall–Kier alpha value is -0.610. The molecule has 1 aromatic rings. The highest BCUT2D eigenvalue weighted by molar-refractivity contribution is 6.31. The number of hydrogen-bond donors (Lipinski definition) is 0. The van der Waals surface area contributed by atoms with Crippen LogP contribution in [0.4, 0.5) is 5.95 Å². The van der Waals surface area contributed by atoms with Gasteiger partial charge in [0.05, 0.1) is 0 Å². The fourth-order valence-electron chi connectivity index (χ4n) is 1.57. The lowest BCUT2D eigenvalue weighted by molar-refractivity contribution is 0.658. The first-order valence-electron chi connectivity index (χ1n) is 4.47. The van der Waals surface area contributed by atoms with Crippen molar-refractivity contribution in [1.29, 1.82) is 0 Å². The third-order valence-corrected chi connectivity index (χ3v) is 2.61. The Bertz CT molecular complexity index is 324. The summed E-state index contributed by atoms with van der Waals surface area (Å²) in [7, 11) is 0. The molecule has 0 amide bonds. The lowest BCUT2D eigenvalue weighted by atomic mass is 10.2.